The molecule has 1 aromatic carbocycles. The summed E-state index contributed by atoms with van der Waals surface area (Å²) in [6.45, 7) is 4.41. The Hall–Kier alpha value is -2.33. The van der Waals surface area contributed by atoms with Crippen LogP contribution in [-0.4, -0.2) is 38.7 Å². The molecule has 1 N–H and O–H groups in total. The summed E-state index contributed by atoms with van der Waals surface area (Å²) in [6, 6.07) is 13.4. The van der Waals surface area contributed by atoms with Crippen molar-refractivity contribution < 1.29 is 13.2 Å². The summed E-state index contributed by atoms with van der Waals surface area (Å²) >= 11 is 2.77. The van der Waals surface area contributed by atoms with E-state index in [1.165, 1.54) is 22.7 Å². The van der Waals surface area contributed by atoms with Crippen molar-refractivity contribution in [1.29, 1.82) is 0 Å². The van der Waals surface area contributed by atoms with Crippen LogP contribution in [0.4, 0.5) is 5.13 Å². The first-order valence-corrected chi connectivity index (χ1v) is 12.4. The molecule has 0 aliphatic rings. The van der Waals surface area contributed by atoms with Crippen molar-refractivity contribution >= 4 is 43.7 Å². The lowest BCUT2D eigenvalue weighted by molar-refractivity contribution is 0.0993. The van der Waals surface area contributed by atoms with Crippen molar-refractivity contribution in [2.75, 3.05) is 24.2 Å². The van der Waals surface area contributed by atoms with E-state index < -0.39 is 10.0 Å². The highest BCUT2D eigenvalue weighted by Gasteiger charge is 2.21. The zero-order chi connectivity index (χ0) is 20.9. The normalized spacial score (nSPS) is 11.3. The number of hydrogen-bond acceptors (Lipinski definition) is 6. The van der Waals surface area contributed by atoms with Gasteiger partial charge >= 0.3 is 0 Å². The van der Waals surface area contributed by atoms with Gasteiger partial charge in [0.1, 0.15) is 0 Å². The Morgan fingerprint density at radius 3 is 2.69 bits per heavy atom. The Kier molecular flexibility index (Phi) is 6.96. The number of thiophene rings is 1. The van der Waals surface area contributed by atoms with E-state index in [2.05, 4.69) is 16.3 Å². The van der Waals surface area contributed by atoms with E-state index in [0.29, 0.717) is 29.5 Å². The number of anilines is 1. The van der Waals surface area contributed by atoms with Crippen molar-refractivity contribution in [3.05, 3.63) is 70.3 Å². The highest BCUT2D eigenvalue weighted by Crippen LogP contribution is 2.29. The first kappa shape index (κ1) is 21.4. The van der Waals surface area contributed by atoms with Crippen LogP contribution in [0.1, 0.15) is 14.5 Å². The molecule has 0 radical (unpaired) electrons. The molecule has 0 unspecified atom stereocenters. The van der Waals surface area contributed by atoms with Crippen LogP contribution in [0.15, 0.2) is 60.5 Å². The van der Waals surface area contributed by atoms with Gasteiger partial charge < -0.3 is 0 Å². The minimum Gasteiger partial charge on any atom is -0.279 e. The van der Waals surface area contributed by atoms with E-state index in [-0.39, 0.29) is 5.91 Å². The molecule has 0 saturated heterocycles. The number of aromatic nitrogens is 1. The zero-order valence-electron chi connectivity index (χ0n) is 15.9. The topological polar surface area (TPSA) is 79.4 Å². The summed E-state index contributed by atoms with van der Waals surface area (Å²) in [5, 5.41) is 2.55. The molecule has 0 saturated carbocycles. The number of benzene rings is 1. The lowest BCUT2D eigenvalue weighted by atomic mass is 10.2. The van der Waals surface area contributed by atoms with Gasteiger partial charge in [-0.3, -0.25) is 9.69 Å². The first-order chi connectivity index (χ1) is 13.9. The molecule has 1 amide bonds. The van der Waals surface area contributed by atoms with Gasteiger partial charge in [-0.25, -0.2) is 18.1 Å². The van der Waals surface area contributed by atoms with Gasteiger partial charge in [-0.1, -0.05) is 36.4 Å². The highest BCUT2D eigenvalue weighted by atomic mass is 32.2. The fourth-order valence-corrected chi connectivity index (χ4v) is 4.90. The average Bonchev–Trinajstić information content (AvgIpc) is 3.35. The fraction of sp³-hybridized carbons (Fsp3) is 0.200. The molecule has 29 heavy (non-hydrogen) atoms. The van der Waals surface area contributed by atoms with Gasteiger partial charge in [0.15, 0.2) is 5.13 Å². The van der Waals surface area contributed by atoms with Gasteiger partial charge in [0, 0.05) is 28.9 Å². The predicted molar refractivity (Wildman–Crippen MR) is 120 cm³/mol. The Morgan fingerprint density at radius 1 is 1.24 bits per heavy atom. The van der Waals surface area contributed by atoms with Gasteiger partial charge in [0.05, 0.1) is 16.8 Å². The first-order valence-electron chi connectivity index (χ1n) is 8.84. The smallest absolute Gasteiger partial charge is 0.270 e. The van der Waals surface area contributed by atoms with Crippen LogP contribution in [-0.2, 0) is 16.4 Å². The van der Waals surface area contributed by atoms with Crippen molar-refractivity contribution in [1.82, 2.24) is 9.71 Å². The van der Waals surface area contributed by atoms with Gasteiger partial charge in [0.25, 0.3) is 5.91 Å². The number of hydrogen-bond donors (Lipinski definition) is 1. The molecule has 0 spiro atoms. The van der Waals surface area contributed by atoms with Gasteiger partial charge in [-0.05, 0) is 18.6 Å². The molecule has 152 valence electrons. The standard InChI is InChI=1S/C20H21N3O3S3/c1-3-13-23(20-22-17(14-27-20)15-7-5-4-6-8-15)19(24)18-10-9-16(28-18)11-12-21-29(2,25)26/h3-10,14,21H,1,11-13H2,2H3. The average molecular weight is 448 g/mol. The Labute approximate surface area is 178 Å². The summed E-state index contributed by atoms with van der Waals surface area (Å²) < 4.78 is 24.8. The van der Waals surface area contributed by atoms with E-state index in [1.54, 1.807) is 17.0 Å². The van der Waals surface area contributed by atoms with Crippen molar-refractivity contribution in [3.63, 3.8) is 0 Å². The third kappa shape index (κ3) is 5.83. The molecule has 0 aliphatic heterocycles. The molecule has 0 atom stereocenters. The molecule has 9 heteroatoms. The minimum absolute atomic E-state index is 0.147. The SMILES string of the molecule is C=CCN(C(=O)c1ccc(CCNS(C)(=O)=O)s1)c1nc(-c2ccccc2)cs1. The number of rotatable bonds is 9. The summed E-state index contributed by atoms with van der Waals surface area (Å²) in [7, 11) is -3.22. The number of thiazole rings is 1. The number of amides is 1. The lowest BCUT2D eigenvalue weighted by Crippen LogP contribution is -2.30. The molecule has 6 nitrogen and oxygen atoms in total. The summed E-state index contributed by atoms with van der Waals surface area (Å²) in [5.41, 5.74) is 1.82. The molecule has 0 bridgehead atoms. The summed E-state index contributed by atoms with van der Waals surface area (Å²) in [6.07, 6.45) is 3.33. The second-order valence-corrected chi connectivity index (χ2v) is 10.1. The minimum atomic E-state index is -3.22. The monoisotopic (exact) mass is 447 g/mol. The van der Waals surface area contributed by atoms with Crippen LogP contribution >= 0.6 is 22.7 Å². The van der Waals surface area contributed by atoms with Crippen LogP contribution < -0.4 is 9.62 Å². The van der Waals surface area contributed by atoms with Crippen LogP contribution in [0.2, 0.25) is 0 Å². The molecule has 0 aliphatic carbocycles. The summed E-state index contributed by atoms with van der Waals surface area (Å²) in [4.78, 5) is 20.8. The summed E-state index contributed by atoms with van der Waals surface area (Å²) in [5.74, 6) is -0.147. The molecule has 2 heterocycles. The predicted octanol–water partition coefficient (Wildman–Crippen LogP) is 3.80. The van der Waals surface area contributed by atoms with E-state index in [1.807, 2.05) is 41.8 Å². The molecule has 0 fully saturated rings. The quantitative estimate of drug-likeness (QED) is 0.506. The highest BCUT2D eigenvalue weighted by molar-refractivity contribution is 7.88. The fourth-order valence-electron chi connectivity index (χ4n) is 2.63. The molecular formula is C20H21N3O3S3. The van der Waals surface area contributed by atoms with Crippen LogP contribution in [0.3, 0.4) is 0 Å². The number of carbonyl (C=O) groups is 1. The zero-order valence-corrected chi connectivity index (χ0v) is 18.3. The second-order valence-electron chi connectivity index (χ2n) is 6.27. The maximum absolute atomic E-state index is 13.1. The Balaban J connectivity index is 1.75. The number of nitrogens with one attached hydrogen (secondary N) is 1. The second kappa shape index (κ2) is 9.45. The van der Waals surface area contributed by atoms with Gasteiger partial charge in [-0.2, -0.15) is 0 Å². The van der Waals surface area contributed by atoms with Crippen molar-refractivity contribution in [2.24, 2.45) is 0 Å². The third-order valence-electron chi connectivity index (χ3n) is 3.96. The van der Waals surface area contributed by atoms with Gasteiger partial charge in [0.2, 0.25) is 10.0 Å². The van der Waals surface area contributed by atoms with E-state index in [9.17, 15) is 13.2 Å². The maximum atomic E-state index is 13.1. The third-order valence-corrected chi connectivity index (χ3v) is 6.68. The number of nitrogens with zero attached hydrogens (tertiary/aromatic N) is 2. The maximum Gasteiger partial charge on any atom is 0.270 e. The molecule has 3 aromatic rings. The van der Waals surface area contributed by atoms with Crippen molar-refractivity contribution in [2.45, 2.75) is 6.42 Å². The van der Waals surface area contributed by atoms with Crippen LogP contribution in [0.25, 0.3) is 11.3 Å². The largest absolute Gasteiger partial charge is 0.279 e. The molecule has 3 rings (SSSR count). The Morgan fingerprint density at radius 2 is 2.00 bits per heavy atom. The van der Waals surface area contributed by atoms with Crippen LogP contribution in [0.5, 0.6) is 0 Å². The Bertz CT molecular complexity index is 1090. The number of sulfonamides is 1. The lowest BCUT2D eigenvalue weighted by Gasteiger charge is -2.17. The van der Waals surface area contributed by atoms with E-state index in [0.717, 1.165) is 22.4 Å². The number of carbonyl (C=O) groups excluding carboxylic acids is 1. The van der Waals surface area contributed by atoms with E-state index in [4.69, 9.17) is 0 Å². The van der Waals surface area contributed by atoms with Gasteiger partial charge in [-0.15, -0.1) is 29.3 Å². The van der Waals surface area contributed by atoms with Crippen LogP contribution in [0, 0.1) is 0 Å². The molecular weight excluding hydrogens is 426 g/mol. The van der Waals surface area contributed by atoms with E-state index >= 15 is 0 Å². The molecule has 2 aromatic heterocycles. The van der Waals surface area contributed by atoms with Crippen molar-refractivity contribution in [3.8, 4) is 11.3 Å².